The first-order chi connectivity index (χ1) is 40.5. The molecule has 2 unspecified atom stereocenters. The molecule has 6 N–H and O–H groups in total. The van der Waals surface area contributed by atoms with E-state index in [1.165, 1.54) is 34.2 Å². The zero-order valence-electron chi connectivity index (χ0n) is 48.7. The van der Waals surface area contributed by atoms with Crippen molar-refractivity contribution in [3.8, 4) is 17.1 Å². The zero-order valence-corrected chi connectivity index (χ0v) is 48.7. The Labute approximate surface area is 487 Å². The summed E-state index contributed by atoms with van der Waals surface area (Å²) in [5.74, 6) is -2.15. The second-order valence-corrected chi connectivity index (χ2v) is 23.1. The van der Waals surface area contributed by atoms with Crippen molar-refractivity contribution in [2.24, 2.45) is 0 Å². The summed E-state index contributed by atoms with van der Waals surface area (Å²) in [5.41, 5.74) is 0.766. The van der Waals surface area contributed by atoms with Crippen molar-refractivity contribution in [3.05, 3.63) is 165 Å². The van der Waals surface area contributed by atoms with Crippen molar-refractivity contribution >= 4 is 23.0 Å². The Kier molecular flexibility index (Phi) is 16.6. The topological polar surface area (TPSA) is 227 Å². The van der Waals surface area contributed by atoms with Gasteiger partial charge in [-0.1, -0.05) is 32.9 Å². The molecule has 0 aliphatic carbocycles. The number of carboxylic acid groups (broad SMARTS) is 1. The van der Waals surface area contributed by atoms with Gasteiger partial charge >= 0.3 is 5.97 Å². The number of hydrogen-bond acceptors (Lipinski definition) is 15. The summed E-state index contributed by atoms with van der Waals surface area (Å²) in [4.78, 5) is 21.5. The third-order valence-electron chi connectivity index (χ3n) is 16.0. The highest BCUT2D eigenvalue weighted by molar-refractivity contribution is 5.91. The van der Waals surface area contributed by atoms with E-state index in [-0.39, 0.29) is 34.7 Å². The van der Waals surface area contributed by atoms with Crippen LogP contribution in [0.15, 0.2) is 67.3 Å². The van der Waals surface area contributed by atoms with E-state index < -0.39 is 69.7 Å². The number of halogens is 6. The molecule has 2 saturated heterocycles. The fourth-order valence-corrected chi connectivity index (χ4v) is 11.7. The first-order valence-electron chi connectivity index (χ1n) is 28.3. The maximum atomic E-state index is 15.8. The maximum Gasteiger partial charge on any atom is 0.341 e. The molecule has 0 amide bonds. The molecule has 3 aromatic carbocycles. The van der Waals surface area contributed by atoms with Crippen molar-refractivity contribution in [1.29, 1.82) is 0 Å². The van der Waals surface area contributed by atoms with Crippen molar-refractivity contribution in [2.75, 3.05) is 42.1 Å². The Morgan fingerprint density at radius 1 is 0.600 bits per heavy atom. The van der Waals surface area contributed by atoms with Gasteiger partial charge < -0.3 is 31.5 Å². The average molecular weight is 1180 g/mol. The number of benzene rings is 3. The van der Waals surface area contributed by atoms with Crippen molar-refractivity contribution in [3.63, 3.8) is 0 Å². The van der Waals surface area contributed by atoms with Crippen LogP contribution in [0.25, 0.3) is 17.1 Å². The summed E-state index contributed by atoms with van der Waals surface area (Å²) < 4.78 is 92.8. The van der Waals surface area contributed by atoms with Gasteiger partial charge in [-0.2, -0.15) is 0 Å². The Morgan fingerprint density at radius 3 is 1.45 bits per heavy atom. The van der Waals surface area contributed by atoms with Gasteiger partial charge in [0.15, 0.2) is 34.9 Å². The standard InChI is InChI=1S/C23H26F2N6.C14H14F2N4O2.C14H16F2N4O.C9H12N2/c1-4-19-28-29-22-23(2,3)27-18-10-17(24)16(20(25)21(18)31(19)22)13-30-9-7-15(12-30)14-6-5-8-26-11-14;1-4-8-18-19-13-14(2,3)17-7-5-6(15)9(12(21)22)10(16)11(7)20(8)13;1-4-10-18-19-13-14(2,3)17-9-5-8(15)7(6-21)11(16)12(9)20(10)13;1-2-8(6-10-4-1)9-3-5-11-7-9/h5-6,8,10-11,15,27H,4,7,9,12-13H2,1-3H3;5,17H,4H2,1-3H3,(H,21,22);5,17,21H,4,6H2,1-3H3;1-2,4,6,9,11H,3,5,7H2. The van der Waals surface area contributed by atoms with Gasteiger partial charge in [-0.3, -0.25) is 28.6 Å². The molecule has 0 saturated carbocycles. The molecule has 0 spiro atoms. The molecule has 448 valence electrons. The highest BCUT2D eigenvalue weighted by Crippen LogP contribution is 2.44. The van der Waals surface area contributed by atoms with E-state index in [1.807, 2.05) is 79.2 Å². The number of pyridine rings is 2. The van der Waals surface area contributed by atoms with Gasteiger partial charge in [-0.15, -0.1) is 30.6 Å². The highest BCUT2D eigenvalue weighted by atomic mass is 19.2. The summed E-state index contributed by atoms with van der Waals surface area (Å²) in [5, 5.41) is 55.7. The largest absolute Gasteiger partial charge is 0.477 e. The lowest BCUT2D eigenvalue weighted by Gasteiger charge is -2.34. The number of nitrogens with one attached hydrogen (secondary N) is 4. The molecule has 5 aliphatic rings. The number of aromatic nitrogens is 11. The minimum Gasteiger partial charge on any atom is -0.477 e. The van der Waals surface area contributed by atoms with Crippen molar-refractivity contribution < 1.29 is 41.4 Å². The van der Waals surface area contributed by atoms with E-state index >= 15 is 8.78 Å². The molecule has 2 fully saturated rings. The van der Waals surface area contributed by atoms with E-state index in [2.05, 4.69) is 78.9 Å². The highest BCUT2D eigenvalue weighted by Gasteiger charge is 2.41. The second kappa shape index (κ2) is 23.6. The number of aromatic carboxylic acids is 1. The normalized spacial score (nSPS) is 17.9. The van der Waals surface area contributed by atoms with Crippen LogP contribution in [-0.4, -0.2) is 102 Å². The Morgan fingerprint density at radius 2 is 1.04 bits per heavy atom. The zero-order chi connectivity index (χ0) is 60.9. The van der Waals surface area contributed by atoms with Gasteiger partial charge in [0.2, 0.25) is 0 Å². The number of nitrogens with zero attached hydrogens (tertiary/aromatic N) is 12. The van der Waals surface area contributed by atoms with Crippen LogP contribution in [0.2, 0.25) is 0 Å². The van der Waals surface area contributed by atoms with E-state index in [9.17, 15) is 27.5 Å². The molecule has 10 heterocycles. The van der Waals surface area contributed by atoms with E-state index in [1.54, 1.807) is 29.2 Å². The third kappa shape index (κ3) is 11.2. The number of hydrogen-bond donors (Lipinski definition) is 6. The molecule has 0 bridgehead atoms. The number of anilines is 3. The van der Waals surface area contributed by atoms with Crippen LogP contribution in [0.3, 0.4) is 0 Å². The number of carboxylic acids is 1. The Bertz CT molecular complexity index is 3790. The van der Waals surface area contributed by atoms with E-state index in [0.717, 1.165) is 38.7 Å². The number of carbonyl (C=O) groups is 1. The molecule has 5 aliphatic heterocycles. The fourth-order valence-electron chi connectivity index (χ4n) is 11.7. The van der Waals surface area contributed by atoms with E-state index in [4.69, 9.17) is 5.11 Å². The Balaban J connectivity index is 0.000000133. The molecular weight excluding hydrogens is 1110 g/mol. The summed E-state index contributed by atoms with van der Waals surface area (Å²) in [6.07, 6.45) is 11.3. The molecule has 2 atom stereocenters. The van der Waals surface area contributed by atoms with Gasteiger partial charge in [0, 0.05) is 75.3 Å². The summed E-state index contributed by atoms with van der Waals surface area (Å²) in [6.45, 7) is 20.2. The van der Waals surface area contributed by atoms with Crippen LogP contribution >= 0.6 is 0 Å². The average Bonchev–Trinajstić information content (AvgIpc) is 2.00. The molecule has 85 heavy (non-hydrogen) atoms. The monoisotopic (exact) mass is 1170 g/mol. The van der Waals surface area contributed by atoms with Crippen LogP contribution in [0.5, 0.6) is 0 Å². The van der Waals surface area contributed by atoms with Crippen LogP contribution in [0.1, 0.15) is 155 Å². The molecule has 19 nitrogen and oxygen atoms in total. The summed E-state index contributed by atoms with van der Waals surface area (Å²) >= 11 is 0. The van der Waals surface area contributed by atoms with Gasteiger partial charge in [-0.05, 0) is 115 Å². The molecule has 5 aromatic heterocycles. The predicted molar refractivity (Wildman–Crippen MR) is 306 cm³/mol. The number of fused-ring (bicyclic) bond motifs is 9. The van der Waals surface area contributed by atoms with Crippen LogP contribution < -0.4 is 21.3 Å². The quantitative estimate of drug-likeness (QED) is 0.0739. The Hall–Kier alpha value is -8.29. The number of likely N-dealkylation sites (tertiary alicyclic amines) is 1. The fraction of sp³-hybridized carbons (Fsp3) is 0.417. The molecular formula is C60H68F6N16O3. The van der Waals surface area contributed by atoms with E-state index in [0.29, 0.717) is 83.1 Å². The second-order valence-electron chi connectivity index (χ2n) is 23.1. The summed E-state index contributed by atoms with van der Waals surface area (Å²) in [6, 6.07) is 11.8. The lowest BCUT2D eigenvalue weighted by Crippen LogP contribution is -2.37. The number of rotatable bonds is 9. The number of aliphatic hydroxyl groups excluding tert-OH is 1. The smallest absolute Gasteiger partial charge is 0.341 e. The summed E-state index contributed by atoms with van der Waals surface area (Å²) in [7, 11) is 0. The third-order valence-corrected chi connectivity index (χ3v) is 16.0. The van der Waals surface area contributed by atoms with Crippen molar-refractivity contribution in [2.45, 2.75) is 136 Å². The first kappa shape index (κ1) is 59.9. The minimum atomic E-state index is -1.66. The minimum absolute atomic E-state index is 0.0602. The number of aryl methyl sites for hydroxylation is 3. The SMILES string of the molecule is CCc1nnc2n1-c1c(cc(F)c(C(=O)O)c1F)NC2(C)C.CCc1nnc2n1-c1c(cc(F)c(CN3CCC(c4cccnc4)C3)c1F)NC2(C)C.CCc1nnc2n1-c1c(cc(F)c(CO)c1F)NC2(C)C.c1cncc(C2CCNC2)c1. The van der Waals surface area contributed by atoms with Gasteiger partial charge in [0.25, 0.3) is 0 Å². The lowest BCUT2D eigenvalue weighted by molar-refractivity contribution is 0.0686. The predicted octanol–water partition coefficient (Wildman–Crippen LogP) is 10.0. The van der Waals surface area contributed by atoms with Crippen molar-refractivity contribution in [1.82, 2.24) is 64.5 Å². The van der Waals surface area contributed by atoms with Gasteiger partial charge in [0.1, 0.15) is 57.6 Å². The number of aliphatic hydroxyl groups is 1. The lowest BCUT2D eigenvalue weighted by atomic mass is 9.98. The molecule has 8 aromatic rings. The molecule has 25 heteroatoms. The molecule has 0 radical (unpaired) electrons. The first-order valence-corrected chi connectivity index (χ1v) is 28.3. The molecule has 13 rings (SSSR count). The van der Waals surface area contributed by atoms with Gasteiger partial charge in [-0.25, -0.2) is 31.1 Å². The van der Waals surface area contributed by atoms with Crippen LogP contribution in [-0.2, 0) is 49.0 Å². The maximum absolute atomic E-state index is 15.8. The van der Waals surface area contributed by atoms with Crippen LogP contribution in [0.4, 0.5) is 43.4 Å². The van der Waals surface area contributed by atoms with Gasteiger partial charge in [0.05, 0.1) is 45.8 Å². The van der Waals surface area contributed by atoms with Crippen LogP contribution in [0, 0.1) is 34.9 Å².